The van der Waals surface area contributed by atoms with E-state index in [0.717, 1.165) is 17.9 Å². The second kappa shape index (κ2) is 5.58. The van der Waals surface area contributed by atoms with Crippen molar-refractivity contribution < 1.29 is 0 Å². The molecule has 0 amide bonds. The molecule has 1 aromatic heterocycles. The minimum atomic E-state index is -0.115. The van der Waals surface area contributed by atoms with E-state index in [2.05, 4.69) is 24.1 Å². The van der Waals surface area contributed by atoms with Crippen molar-refractivity contribution in [3.05, 3.63) is 47.1 Å². The fourth-order valence-electron chi connectivity index (χ4n) is 1.70. The average Bonchev–Trinajstić information content (AvgIpc) is 2.83. The van der Waals surface area contributed by atoms with Crippen LogP contribution in [-0.2, 0) is 0 Å². The van der Waals surface area contributed by atoms with Crippen LogP contribution in [0.4, 0.5) is 5.69 Å². The fraction of sp³-hybridized carbons (Fsp3) is 0.357. The Balaban J connectivity index is 2.06. The molecule has 4 heteroatoms. The third-order valence-corrected chi connectivity index (χ3v) is 3.15. The van der Waals surface area contributed by atoms with Gasteiger partial charge in [0.1, 0.15) is 0 Å². The molecule has 0 radical (unpaired) electrons. The number of aromatic nitrogens is 2. The van der Waals surface area contributed by atoms with Gasteiger partial charge in [0, 0.05) is 24.6 Å². The lowest BCUT2D eigenvalue weighted by Gasteiger charge is -2.11. The highest BCUT2D eigenvalue weighted by Gasteiger charge is 2.01. The second-order valence-corrected chi connectivity index (χ2v) is 4.58. The summed E-state index contributed by atoms with van der Waals surface area (Å²) < 4.78 is 1.58. The SMILES string of the molecule is CCC(C)CNc1ccc(-n2cc[nH]c2=O)cc1. The number of hydrogen-bond donors (Lipinski definition) is 2. The number of imidazole rings is 1. The van der Waals surface area contributed by atoms with Crippen LogP contribution in [0.2, 0.25) is 0 Å². The number of rotatable bonds is 5. The van der Waals surface area contributed by atoms with E-state index in [9.17, 15) is 4.79 Å². The van der Waals surface area contributed by atoms with E-state index < -0.39 is 0 Å². The third kappa shape index (κ3) is 2.83. The Kier molecular flexibility index (Phi) is 3.87. The standard InChI is InChI=1S/C14H19N3O/c1-3-11(2)10-16-12-4-6-13(7-5-12)17-9-8-15-14(17)18/h4-9,11,16H,3,10H2,1-2H3,(H,15,18). The Bertz CT molecular complexity index is 539. The molecule has 1 aromatic carbocycles. The molecule has 1 atom stereocenters. The Labute approximate surface area is 107 Å². The summed E-state index contributed by atoms with van der Waals surface area (Å²) in [6, 6.07) is 7.87. The molecule has 18 heavy (non-hydrogen) atoms. The van der Waals surface area contributed by atoms with E-state index in [1.165, 1.54) is 6.42 Å². The number of aromatic amines is 1. The van der Waals surface area contributed by atoms with E-state index >= 15 is 0 Å². The van der Waals surface area contributed by atoms with Gasteiger partial charge in [0.25, 0.3) is 0 Å². The van der Waals surface area contributed by atoms with E-state index in [0.29, 0.717) is 5.92 Å². The number of nitrogens with zero attached hydrogens (tertiary/aromatic N) is 1. The molecule has 2 N–H and O–H groups in total. The van der Waals surface area contributed by atoms with Crippen molar-refractivity contribution in [3.8, 4) is 5.69 Å². The molecule has 1 heterocycles. The predicted molar refractivity (Wildman–Crippen MR) is 74.3 cm³/mol. The summed E-state index contributed by atoms with van der Waals surface area (Å²) in [6.07, 6.45) is 4.53. The first-order valence-electron chi connectivity index (χ1n) is 6.31. The molecule has 1 unspecified atom stereocenters. The van der Waals surface area contributed by atoms with Crippen molar-refractivity contribution >= 4 is 5.69 Å². The number of nitrogens with one attached hydrogen (secondary N) is 2. The highest BCUT2D eigenvalue weighted by atomic mass is 16.1. The Hall–Kier alpha value is -1.97. The van der Waals surface area contributed by atoms with Crippen LogP contribution in [0.1, 0.15) is 20.3 Å². The quantitative estimate of drug-likeness (QED) is 0.850. The van der Waals surface area contributed by atoms with Gasteiger partial charge in [0.2, 0.25) is 0 Å². The summed E-state index contributed by atoms with van der Waals surface area (Å²) in [5.74, 6) is 0.664. The molecule has 0 spiro atoms. The molecule has 2 aromatic rings. The molecule has 4 nitrogen and oxygen atoms in total. The van der Waals surface area contributed by atoms with Gasteiger partial charge in [-0.1, -0.05) is 20.3 Å². The van der Waals surface area contributed by atoms with Crippen LogP contribution < -0.4 is 11.0 Å². The molecule has 0 aliphatic heterocycles. The van der Waals surface area contributed by atoms with Gasteiger partial charge in [0.05, 0.1) is 5.69 Å². The molecular formula is C14H19N3O. The van der Waals surface area contributed by atoms with Crippen LogP contribution in [-0.4, -0.2) is 16.1 Å². The van der Waals surface area contributed by atoms with Gasteiger partial charge >= 0.3 is 5.69 Å². The van der Waals surface area contributed by atoms with Crippen LogP contribution in [0.5, 0.6) is 0 Å². The van der Waals surface area contributed by atoms with E-state index in [4.69, 9.17) is 0 Å². The monoisotopic (exact) mass is 245 g/mol. The number of H-pyrrole nitrogens is 1. The lowest BCUT2D eigenvalue weighted by molar-refractivity contribution is 0.593. The molecule has 0 saturated carbocycles. The first-order chi connectivity index (χ1) is 8.70. The fourth-order valence-corrected chi connectivity index (χ4v) is 1.70. The molecule has 0 aliphatic rings. The Morgan fingerprint density at radius 3 is 2.61 bits per heavy atom. The van der Waals surface area contributed by atoms with Crippen LogP contribution in [0.3, 0.4) is 0 Å². The second-order valence-electron chi connectivity index (χ2n) is 4.58. The first kappa shape index (κ1) is 12.5. The lowest BCUT2D eigenvalue weighted by atomic mass is 10.1. The molecule has 2 rings (SSSR count). The van der Waals surface area contributed by atoms with Gasteiger partial charge in [-0.05, 0) is 30.2 Å². The van der Waals surface area contributed by atoms with Gasteiger partial charge < -0.3 is 10.3 Å². The van der Waals surface area contributed by atoms with Crippen LogP contribution in [0, 0.1) is 5.92 Å². The zero-order chi connectivity index (χ0) is 13.0. The summed E-state index contributed by atoms with van der Waals surface area (Å²) in [5, 5.41) is 3.39. The largest absolute Gasteiger partial charge is 0.385 e. The molecule has 0 aliphatic carbocycles. The maximum absolute atomic E-state index is 11.5. The molecular weight excluding hydrogens is 226 g/mol. The summed E-state index contributed by atoms with van der Waals surface area (Å²) in [4.78, 5) is 14.1. The van der Waals surface area contributed by atoms with Gasteiger partial charge in [-0.15, -0.1) is 0 Å². The Morgan fingerprint density at radius 2 is 2.06 bits per heavy atom. The van der Waals surface area contributed by atoms with Crippen LogP contribution >= 0.6 is 0 Å². The maximum Gasteiger partial charge on any atom is 0.330 e. The number of anilines is 1. The first-order valence-corrected chi connectivity index (χ1v) is 6.31. The maximum atomic E-state index is 11.5. The number of hydrogen-bond acceptors (Lipinski definition) is 2. The highest BCUT2D eigenvalue weighted by molar-refractivity contribution is 5.48. The smallest absolute Gasteiger partial charge is 0.330 e. The van der Waals surface area contributed by atoms with Crippen molar-refractivity contribution in [2.24, 2.45) is 5.92 Å². The zero-order valence-electron chi connectivity index (χ0n) is 10.8. The van der Waals surface area contributed by atoms with Gasteiger partial charge in [0.15, 0.2) is 0 Å². The van der Waals surface area contributed by atoms with Crippen LogP contribution in [0.25, 0.3) is 5.69 Å². The van der Waals surface area contributed by atoms with Crippen molar-refractivity contribution in [2.45, 2.75) is 20.3 Å². The van der Waals surface area contributed by atoms with Crippen molar-refractivity contribution in [1.29, 1.82) is 0 Å². The third-order valence-electron chi connectivity index (χ3n) is 3.15. The summed E-state index contributed by atoms with van der Waals surface area (Å²) in [5.41, 5.74) is 1.84. The zero-order valence-corrected chi connectivity index (χ0v) is 10.8. The average molecular weight is 245 g/mol. The Morgan fingerprint density at radius 1 is 1.33 bits per heavy atom. The molecule has 96 valence electrons. The summed E-state index contributed by atoms with van der Waals surface area (Å²) in [6.45, 7) is 5.38. The molecule has 0 fully saturated rings. The van der Waals surface area contributed by atoms with Crippen molar-refractivity contribution in [2.75, 3.05) is 11.9 Å². The predicted octanol–water partition coefficient (Wildman–Crippen LogP) is 2.62. The van der Waals surface area contributed by atoms with E-state index in [-0.39, 0.29) is 5.69 Å². The van der Waals surface area contributed by atoms with Crippen LogP contribution in [0.15, 0.2) is 41.5 Å². The highest BCUT2D eigenvalue weighted by Crippen LogP contribution is 2.13. The molecule has 0 saturated heterocycles. The topological polar surface area (TPSA) is 49.8 Å². The van der Waals surface area contributed by atoms with Gasteiger partial charge in [-0.25, -0.2) is 4.79 Å². The van der Waals surface area contributed by atoms with Gasteiger partial charge in [-0.2, -0.15) is 0 Å². The summed E-state index contributed by atoms with van der Waals surface area (Å²) >= 11 is 0. The normalized spacial score (nSPS) is 12.3. The van der Waals surface area contributed by atoms with E-state index in [1.54, 1.807) is 17.0 Å². The lowest BCUT2D eigenvalue weighted by Crippen LogP contribution is -2.14. The summed E-state index contributed by atoms with van der Waals surface area (Å²) in [7, 11) is 0. The van der Waals surface area contributed by atoms with Crippen molar-refractivity contribution in [1.82, 2.24) is 9.55 Å². The molecule has 0 bridgehead atoms. The minimum absolute atomic E-state index is 0.115. The van der Waals surface area contributed by atoms with Crippen molar-refractivity contribution in [3.63, 3.8) is 0 Å². The van der Waals surface area contributed by atoms with E-state index in [1.807, 2.05) is 24.3 Å². The number of benzene rings is 1. The minimum Gasteiger partial charge on any atom is -0.385 e. The van der Waals surface area contributed by atoms with Gasteiger partial charge in [-0.3, -0.25) is 4.57 Å².